The van der Waals surface area contributed by atoms with Gasteiger partial charge in [0.25, 0.3) is 6.43 Å². The fourth-order valence-corrected chi connectivity index (χ4v) is 6.03. The number of hydrogen-bond acceptors (Lipinski definition) is 12. The van der Waals surface area contributed by atoms with Crippen molar-refractivity contribution in [3.05, 3.63) is 71.3 Å². The quantitative estimate of drug-likeness (QED) is 0.223. The minimum absolute atomic E-state index is 0.0142. The zero-order valence-electron chi connectivity index (χ0n) is 21.5. The maximum absolute atomic E-state index is 15.1. The van der Waals surface area contributed by atoms with Gasteiger partial charge in [-0.25, -0.2) is 22.5 Å². The van der Waals surface area contributed by atoms with Gasteiger partial charge in [-0.15, -0.1) is 0 Å². The number of alkyl halides is 3. The van der Waals surface area contributed by atoms with Crippen molar-refractivity contribution in [3.8, 4) is 23.0 Å². The molecule has 0 bridgehead atoms. The molecule has 0 amide bonds. The number of aliphatic hydroxyl groups is 1. The van der Waals surface area contributed by atoms with Crippen LogP contribution in [0, 0.1) is 0 Å². The van der Waals surface area contributed by atoms with Crippen LogP contribution in [-0.4, -0.2) is 59.8 Å². The number of rotatable bonds is 12. The van der Waals surface area contributed by atoms with Crippen LogP contribution in [0.3, 0.4) is 0 Å². The summed E-state index contributed by atoms with van der Waals surface area (Å²) in [5, 5.41) is 10.5. The lowest BCUT2D eigenvalue weighted by molar-refractivity contribution is -0.192. The van der Waals surface area contributed by atoms with Crippen LogP contribution in [0.1, 0.15) is 6.23 Å². The van der Waals surface area contributed by atoms with E-state index in [9.17, 15) is 23.2 Å². The van der Waals surface area contributed by atoms with Crippen LogP contribution in [0.5, 0.6) is 23.0 Å². The molecule has 4 rings (SSSR count). The minimum Gasteiger partial charge on any atom is -0.497 e. The van der Waals surface area contributed by atoms with Crippen molar-refractivity contribution in [1.82, 2.24) is 9.55 Å². The molecule has 0 spiro atoms. The Labute approximate surface area is 235 Å². The van der Waals surface area contributed by atoms with Crippen molar-refractivity contribution in [2.45, 2.75) is 30.5 Å². The van der Waals surface area contributed by atoms with Crippen LogP contribution in [0.15, 0.2) is 65.6 Å². The Morgan fingerprint density at radius 3 is 2.17 bits per heavy atom. The molecular formula is C24H25F3N3O9PS. The van der Waals surface area contributed by atoms with Crippen LogP contribution in [0.2, 0.25) is 0 Å². The first-order valence-electron chi connectivity index (χ1n) is 11.7. The van der Waals surface area contributed by atoms with Gasteiger partial charge in [0.05, 0.1) is 20.8 Å². The molecule has 41 heavy (non-hydrogen) atoms. The second kappa shape index (κ2) is 12.6. The van der Waals surface area contributed by atoms with E-state index in [0.717, 1.165) is 12.3 Å². The molecule has 0 aliphatic carbocycles. The van der Waals surface area contributed by atoms with Gasteiger partial charge in [-0.2, -0.15) is 4.98 Å². The van der Waals surface area contributed by atoms with Gasteiger partial charge >= 0.3 is 12.5 Å². The van der Waals surface area contributed by atoms with E-state index in [1.165, 1.54) is 50.6 Å². The van der Waals surface area contributed by atoms with Crippen LogP contribution in [0.25, 0.3) is 0 Å². The first-order chi connectivity index (χ1) is 19.5. The molecule has 2 aromatic carbocycles. The largest absolute Gasteiger partial charge is 0.497 e. The van der Waals surface area contributed by atoms with E-state index in [0.29, 0.717) is 16.1 Å². The Bertz CT molecular complexity index is 1430. The van der Waals surface area contributed by atoms with E-state index in [-0.39, 0.29) is 29.0 Å². The van der Waals surface area contributed by atoms with Crippen molar-refractivity contribution in [2.24, 2.45) is 0 Å². The number of nitrogens with two attached hydrogens (primary N) is 1. The second-order valence-electron chi connectivity index (χ2n) is 8.52. The van der Waals surface area contributed by atoms with Gasteiger partial charge in [0.2, 0.25) is 0 Å². The molecule has 1 saturated heterocycles. The van der Waals surface area contributed by atoms with E-state index in [4.69, 9.17) is 33.2 Å². The molecule has 3 aromatic rings. The fraction of sp³-hybridized carbons (Fsp3) is 0.333. The van der Waals surface area contributed by atoms with E-state index in [1.54, 1.807) is 12.1 Å². The number of nitrogen functional groups attached to an aromatic ring is 1. The summed E-state index contributed by atoms with van der Waals surface area (Å²) in [7, 11) is 2.89. The summed E-state index contributed by atoms with van der Waals surface area (Å²) in [6, 6.07) is 12.9. The van der Waals surface area contributed by atoms with Crippen molar-refractivity contribution >= 4 is 24.3 Å². The number of aromatic nitrogens is 2. The first kappa shape index (κ1) is 30.5. The van der Waals surface area contributed by atoms with E-state index < -0.39 is 49.6 Å². The molecule has 5 atom stereocenters. The maximum Gasteiger partial charge on any atom is 0.478 e. The molecule has 1 unspecified atom stereocenters. The van der Waals surface area contributed by atoms with Gasteiger partial charge in [-0.1, -0.05) is 0 Å². The summed E-state index contributed by atoms with van der Waals surface area (Å²) >= 11 is 0.176. The summed E-state index contributed by atoms with van der Waals surface area (Å²) in [6.07, 6.45) is -9.65. The van der Waals surface area contributed by atoms with Crippen LogP contribution in [0.4, 0.5) is 19.0 Å². The van der Waals surface area contributed by atoms with Crippen molar-refractivity contribution in [2.75, 3.05) is 26.6 Å². The highest BCUT2D eigenvalue weighted by atomic mass is 32.7. The smallest absolute Gasteiger partial charge is 0.478 e. The molecule has 222 valence electrons. The highest BCUT2D eigenvalue weighted by Gasteiger charge is 2.62. The molecule has 0 saturated carbocycles. The molecule has 1 fully saturated rings. The van der Waals surface area contributed by atoms with Crippen molar-refractivity contribution < 1.29 is 50.3 Å². The third kappa shape index (κ3) is 6.73. The fourth-order valence-electron chi connectivity index (χ4n) is 3.71. The molecule has 12 nitrogen and oxygen atoms in total. The monoisotopic (exact) mass is 619 g/mol. The Morgan fingerprint density at radius 2 is 1.63 bits per heavy atom. The highest BCUT2D eigenvalue weighted by Crippen LogP contribution is 2.61. The van der Waals surface area contributed by atoms with Crippen molar-refractivity contribution in [3.63, 3.8) is 0 Å². The molecule has 2 heterocycles. The SMILES string of the molecule is COc1ccc(OSP(=O)(OC[C@@]2(C(F)F)O[C@@H](n3ccc(N)nc3=O)[C@H](F)[C@@H]2O)Oc2ccc(OC)cc2)cc1. The van der Waals surface area contributed by atoms with Gasteiger partial charge < -0.3 is 33.8 Å². The average molecular weight is 620 g/mol. The third-order valence-corrected chi connectivity index (χ3v) is 8.56. The zero-order valence-corrected chi connectivity index (χ0v) is 23.2. The molecule has 1 aliphatic heterocycles. The van der Waals surface area contributed by atoms with Gasteiger partial charge in [0, 0.05) is 6.20 Å². The lowest BCUT2D eigenvalue weighted by atomic mass is 9.97. The van der Waals surface area contributed by atoms with Gasteiger partial charge in [0.15, 0.2) is 29.7 Å². The second-order valence-corrected chi connectivity index (χ2v) is 12.0. The third-order valence-electron chi connectivity index (χ3n) is 5.92. The van der Waals surface area contributed by atoms with E-state index in [1.807, 2.05) is 0 Å². The summed E-state index contributed by atoms with van der Waals surface area (Å²) < 4.78 is 90.0. The van der Waals surface area contributed by atoms with Gasteiger partial charge in [0.1, 0.15) is 34.9 Å². The molecule has 0 radical (unpaired) electrons. The number of halogens is 3. The van der Waals surface area contributed by atoms with Gasteiger partial charge in [-0.05, 0) is 54.6 Å². The Balaban J connectivity index is 1.60. The highest BCUT2D eigenvalue weighted by molar-refractivity contribution is 8.52. The number of methoxy groups -OCH3 is 2. The lowest BCUT2D eigenvalue weighted by Gasteiger charge is -2.31. The average Bonchev–Trinajstić information content (AvgIpc) is 3.22. The Morgan fingerprint density at radius 1 is 1.07 bits per heavy atom. The molecule has 3 N–H and O–H groups in total. The summed E-state index contributed by atoms with van der Waals surface area (Å²) in [6.45, 7) is -5.89. The number of aliphatic hydroxyl groups excluding tert-OH is 1. The maximum atomic E-state index is 15.1. The first-order valence-corrected chi connectivity index (χ1v) is 14.6. The molecule has 1 aliphatic rings. The number of anilines is 1. The zero-order chi connectivity index (χ0) is 29.8. The predicted octanol–water partition coefficient (Wildman–Crippen LogP) is 4.01. The minimum atomic E-state index is -4.56. The lowest BCUT2D eigenvalue weighted by Crippen LogP contribution is -2.52. The predicted molar refractivity (Wildman–Crippen MR) is 141 cm³/mol. The van der Waals surface area contributed by atoms with Crippen LogP contribution < -0.4 is 29.6 Å². The Hall–Kier alpha value is -3.43. The Kier molecular flexibility index (Phi) is 9.39. The molecular weight excluding hydrogens is 594 g/mol. The number of nitrogens with zero attached hydrogens (tertiary/aromatic N) is 2. The molecule has 17 heteroatoms. The number of ether oxygens (including phenoxy) is 3. The normalized spacial score (nSPS) is 23.6. The summed E-state index contributed by atoms with van der Waals surface area (Å²) in [4.78, 5) is 15.6. The van der Waals surface area contributed by atoms with Crippen LogP contribution in [-0.2, 0) is 13.8 Å². The van der Waals surface area contributed by atoms with Crippen molar-refractivity contribution in [1.29, 1.82) is 0 Å². The number of hydrogen-bond donors (Lipinski definition) is 2. The summed E-state index contributed by atoms with van der Waals surface area (Å²) in [5.41, 5.74) is 1.26. The number of benzene rings is 2. The van der Waals surface area contributed by atoms with E-state index in [2.05, 4.69) is 4.98 Å². The standard InChI is InChI=1S/C24H25F3N3O9PS/c1-34-14-3-7-16(8-4-14)38-40(33,41-39-17-9-5-15(35-2)6-10-17)36-13-24(22(26)27)20(31)19(25)21(37-24)30-12-11-18(28)29-23(30)32/h3-12,19-22,31H,13H2,1-2H3,(H2,28,29,32)/t19-,20+,21-,24-,40?/m1/s1. The topological polar surface area (TPSA) is 154 Å². The molecule has 1 aromatic heterocycles. The summed E-state index contributed by atoms with van der Waals surface area (Å²) in [5.74, 6) is 0.918. The van der Waals surface area contributed by atoms with E-state index >= 15 is 4.39 Å². The van der Waals surface area contributed by atoms with Gasteiger partial charge in [-0.3, -0.25) is 9.09 Å². The van der Waals surface area contributed by atoms with Crippen LogP contribution >= 0.6 is 18.5 Å².